The quantitative estimate of drug-likeness (QED) is 0.438. The highest BCUT2D eigenvalue weighted by molar-refractivity contribution is 5.99. The Morgan fingerprint density at radius 3 is 2.73 bits per heavy atom. The Morgan fingerprint density at radius 2 is 1.95 bits per heavy atom. The van der Waals surface area contributed by atoms with Gasteiger partial charge in [0.2, 0.25) is 11.8 Å². The number of carbonyl (C=O) groups excluding carboxylic acids is 2. The number of anilines is 3. The molecule has 0 saturated carbocycles. The molecule has 12 nitrogen and oxygen atoms in total. The number of aryl methyl sites for hydroxylation is 1. The molecule has 0 radical (unpaired) electrons. The zero-order valence-corrected chi connectivity index (χ0v) is 25.7. The summed E-state index contributed by atoms with van der Waals surface area (Å²) in [6.07, 6.45) is 10.3. The fraction of sp³-hybridized carbons (Fsp3) is 0.562. The maximum atomic E-state index is 12.7. The molecule has 0 N–H and O–H groups in total. The number of nitriles is 1. The zero-order chi connectivity index (χ0) is 30.8. The molecule has 2 atom stereocenters. The number of amides is 2. The van der Waals surface area contributed by atoms with Gasteiger partial charge in [-0.1, -0.05) is 6.58 Å². The molecule has 0 spiro atoms. The minimum Gasteiger partial charge on any atom is -0.462 e. The summed E-state index contributed by atoms with van der Waals surface area (Å²) in [6.45, 7) is 8.09. The maximum absolute atomic E-state index is 12.7. The second-order valence-corrected chi connectivity index (χ2v) is 12.2. The maximum Gasteiger partial charge on any atom is 0.318 e. The predicted octanol–water partition coefficient (Wildman–Crippen LogP) is 2.32. The van der Waals surface area contributed by atoms with Crippen molar-refractivity contribution in [1.82, 2.24) is 24.8 Å². The number of aromatic nitrogens is 3. The summed E-state index contributed by atoms with van der Waals surface area (Å²) in [5.41, 5.74) is 4.91. The van der Waals surface area contributed by atoms with Crippen LogP contribution in [0.1, 0.15) is 48.9 Å². The molecule has 6 rings (SSSR count). The summed E-state index contributed by atoms with van der Waals surface area (Å²) in [5, 5.41) is 9.56. The van der Waals surface area contributed by atoms with Crippen molar-refractivity contribution in [2.45, 2.75) is 63.6 Å². The summed E-state index contributed by atoms with van der Waals surface area (Å²) < 4.78 is 6.31. The van der Waals surface area contributed by atoms with E-state index in [9.17, 15) is 14.9 Å². The molecule has 2 aromatic rings. The van der Waals surface area contributed by atoms with E-state index in [0.29, 0.717) is 57.7 Å². The number of ether oxygens (including phenoxy) is 1. The Balaban J connectivity index is 1.35. The molecule has 2 fully saturated rings. The third-order valence-electron chi connectivity index (χ3n) is 9.52. The normalized spacial score (nSPS) is 22.2. The molecule has 0 aliphatic carbocycles. The number of likely N-dealkylation sites (tertiary alicyclic amines) is 1. The van der Waals surface area contributed by atoms with Crippen molar-refractivity contribution >= 4 is 29.0 Å². The molecular weight excluding hydrogens is 558 g/mol. The molecule has 4 aliphatic rings. The van der Waals surface area contributed by atoms with Crippen LogP contribution in [0.3, 0.4) is 0 Å². The summed E-state index contributed by atoms with van der Waals surface area (Å²) in [7, 11) is 3.97. The molecule has 44 heavy (non-hydrogen) atoms. The number of hydrogen-bond donors (Lipinski definition) is 0. The lowest BCUT2D eigenvalue weighted by Crippen LogP contribution is -2.55. The number of carbonyl (C=O) groups is 2. The second kappa shape index (κ2) is 12.8. The smallest absolute Gasteiger partial charge is 0.318 e. The number of hydrogen-bond acceptors (Lipinski definition) is 10. The molecule has 2 saturated heterocycles. The minimum atomic E-state index is -0.265. The Kier molecular flexibility index (Phi) is 8.66. The fourth-order valence-corrected chi connectivity index (χ4v) is 7.04. The van der Waals surface area contributed by atoms with Gasteiger partial charge in [-0.05, 0) is 57.3 Å². The van der Waals surface area contributed by atoms with Crippen LogP contribution in [0.15, 0.2) is 25.0 Å². The van der Waals surface area contributed by atoms with Gasteiger partial charge in [0.25, 0.3) is 0 Å². The second-order valence-electron chi connectivity index (χ2n) is 12.2. The van der Waals surface area contributed by atoms with Crippen LogP contribution in [0.2, 0.25) is 0 Å². The average Bonchev–Trinajstić information content (AvgIpc) is 3.32. The lowest BCUT2D eigenvalue weighted by atomic mass is 10.0. The van der Waals surface area contributed by atoms with Gasteiger partial charge < -0.3 is 29.2 Å². The van der Waals surface area contributed by atoms with E-state index >= 15 is 0 Å². The van der Waals surface area contributed by atoms with E-state index in [2.05, 4.69) is 39.4 Å². The Morgan fingerprint density at radius 1 is 1.09 bits per heavy atom. The van der Waals surface area contributed by atoms with E-state index in [1.807, 2.05) is 19.4 Å². The first-order chi connectivity index (χ1) is 21.4. The van der Waals surface area contributed by atoms with E-state index in [0.717, 1.165) is 72.8 Å². The third kappa shape index (κ3) is 5.80. The number of pyridine rings is 1. The van der Waals surface area contributed by atoms with Crippen molar-refractivity contribution in [3.05, 3.63) is 41.9 Å². The van der Waals surface area contributed by atoms with E-state index in [1.165, 1.54) is 6.08 Å². The summed E-state index contributed by atoms with van der Waals surface area (Å²) >= 11 is 0. The van der Waals surface area contributed by atoms with Crippen LogP contribution >= 0.6 is 0 Å². The number of fused-ring (bicyclic) bond motifs is 2. The third-order valence-corrected chi connectivity index (χ3v) is 9.52. The molecule has 232 valence electrons. The van der Waals surface area contributed by atoms with Crippen LogP contribution in [0.25, 0.3) is 0 Å². The Hall–Kier alpha value is -4.24. The number of nitrogens with zero attached hydrogens (tertiary/aromatic N) is 9. The molecule has 6 heterocycles. The van der Waals surface area contributed by atoms with Crippen molar-refractivity contribution in [2.75, 3.05) is 68.1 Å². The lowest BCUT2D eigenvalue weighted by molar-refractivity contribution is -0.128. The number of likely N-dealkylation sites (N-methyl/N-ethyl adjacent to an activating group) is 1. The van der Waals surface area contributed by atoms with Crippen molar-refractivity contribution < 1.29 is 14.3 Å². The molecule has 12 heteroatoms. The van der Waals surface area contributed by atoms with Crippen molar-refractivity contribution in [1.29, 1.82) is 5.26 Å². The fourth-order valence-electron chi connectivity index (χ4n) is 7.04. The van der Waals surface area contributed by atoms with E-state index in [-0.39, 0.29) is 24.3 Å². The largest absolute Gasteiger partial charge is 0.462 e. The predicted molar refractivity (Wildman–Crippen MR) is 167 cm³/mol. The van der Waals surface area contributed by atoms with Gasteiger partial charge in [0.05, 0.1) is 48.3 Å². The topological polar surface area (TPSA) is 122 Å². The van der Waals surface area contributed by atoms with E-state index < -0.39 is 0 Å². The highest BCUT2D eigenvalue weighted by Gasteiger charge is 2.34. The molecular formula is C32H41N9O3. The summed E-state index contributed by atoms with van der Waals surface area (Å²) in [5.74, 6) is 0.772. The van der Waals surface area contributed by atoms with Gasteiger partial charge in [0.15, 0.2) is 0 Å². The molecule has 2 aromatic heterocycles. The highest BCUT2D eigenvalue weighted by atomic mass is 16.5. The first-order valence-electron chi connectivity index (χ1n) is 15.6. The molecule has 0 aromatic carbocycles. The van der Waals surface area contributed by atoms with Gasteiger partial charge in [-0.25, -0.2) is 0 Å². The van der Waals surface area contributed by atoms with Gasteiger partial charge in [-0.15, -0.1) is 0 Å². The standard InChI is InChI=1S/C32H41N9O3/c1-4-28(42)41-16-15-40(19-23(41)11-12-33)31-25-8-6-14-39(27-18-34-17-22-9-10-29(43)38(3)30(22)27)20-26(25)35-32(36-31)44-21-24-7-5-13-37(24)2/h4,17-18,23-24H,1,5-11,13-16,19-21H2,2-3H3/t23-,24-/m0/s1. The summed E-state index contributed by atoms with van der Waals surface area (Å²) in [6, 6.07) is 2.66. The average molecular weight is 600 g/mol. The van der Waals surface area contributed by atoms with Gasteiger partial charge in [0.1, 0.15) is 12.4 Å². The van der Waals surface area contributed by atoms with Crippen LogP contribution < -0.4 is 19.4 Å². The minimum absolute atomic E-state index is 0.110. The Bertz CT molecular complexity index is 1470. The monoisotopic (exact) mass is 599 g/mol. The van der Waals surface area contributed by atoms with Gasteiger partial charge in [-0.2, -0.15) is 15.2 Å². The zero-order valence-electron chi connectivity index (χ0n) is 25.7. The Labute approximate surface area is 258 Å². The van der Waals surface area contributed by atoms with Crippen molar-refractivity contribution in [3.63, 3.8) is 0 Å². The first kappa shape index (κ1) is 29.8. The molecule has 2 amide bonds. The lowest BCUT2D eigenvalue weighted by Gasteiger charge is -2.41. The van der Waals surface area contributed by atoms with Crippen LogP contribution in [0.5, 0.6) is 6.01 Å². The SMILES string of the molecule is C=CC(=O)N1CCN(c2nc(OC[C@@H]3CCCN3C)nc3c2CCCN(c2cncc4c2N(C)C(=O)CC4)C3)C[C@@H]1CC#N. The van der Waals surface area contributed by atoms with Gasteiger partial charge >= 0.3 is 6.01 Å². The van der Waals surface area contributed by atoms with Crippen LogP contribution in [0.4, 0.5) is 17.2 Å². The van der Waals surface area contributed by atoms with Crippen LogP contribution in [0, 0.1) is 11.3 Å². The molecule has 0 unspecified atom stereocenters. The van der Waals surface area contributed by atoms with Gasteiger partial charge in [-0.3, -0.25) is 14.6 Å². The van der Waals surface area contributed by atoms with E-state index in [1.54, 1.807) is 9.80 Å². The summed E-state index contributed by atoms with van der Waals surface area (Å²) in [4.78, 5) is 50.1. The van der Waals surface area contributed by atoms with Crippen LogP contribution in [-0.4, -0.2) is 102 Å². The number of rotatable bonds is 7. The number of piperazine rings is 1. The first-order valence-corrected chi connectivity index (χ1v) is 15.6. The van der Waals surface area contributed by atoms with Crippen molar-refractivity contribution in [3.8, 4) is 12.1 Å². The van der Waals surface area contributed by atoms with Crippen LogP contribution in [-0.2, 0) is 29.0 Å². The van der Waals surface area contributed by atoms with E-state index in [4.69, 9.17) is 14.7 Å². The highest BCUT2D eigenvalue weighted by Crippen LogP contribution is 2.38. The van der Waals surface area contributed by atoms with Crippen molar-refractivity contribution in [2.24, 2.45) is 0 Å². The molecule has 0 bridgehead atoms. The van der Waals surface area contributed by atoms with Gasteiger partial charge in [0, 0.05) is 57.4 Å². The molecule has 4 aliphatic heterocycles.